The first-order valence-electron chi connectivity index (χ1n) is 6.63. The number of oxazole rings is 1. The lowest BCUT2D eigenvalue weighted by Crippen LogP contribution is -2.03. The summed E-state index contributed by atoms with van der Waals surface area (Å²) in [7, 11) is -3.77. The van der Waals surface area contributed by atoms with E-state index < -0.39 is 9.84 Å². The van der Waals surface area contributed by atoms with E-state index in [4.69, 9.17) is 16.0 Å². The number of rotatable bonds is 4. The summed E-state index contributed by atoms with van der Waals surface area (Å²) < 4.78 is 31.2. The van der Waals surface area contributed by atoms with Crippen molar-refractivity contribution < 1.29 is 12.8 Å². The highest BCUT2D eigenvalue weighted by Crippen LogP contribution is 2.33. The van der Waals surface area contributed by atoms with E-state index in [1.807, 2.05) is 30.3 Å². The predicted molar refractivity (Wildman–Crippen MR) is 90.6 cm³/mol. The Kier molecular flexibility index (Phi) is 4.48. The van der Waals surface area contributed by atoms with Crippen LogP contribution in [-0.2, 0) is 9.84 Å². The third kappa shape index (κ3) is 3.15. The summed E-state index contributed by atoms with van der Waals surface area (Å²) in [6.45, 7) is 0. The van der Waals surface area contributed by atoms with Gasteiger partial charge in [-0.1, -0.05) is 41.6 Å². The van der Waals surface area contributed by atoms with Crippen molar-refractivity contribution in [1.29, 1.82) is 0 Å². The van der Waals surface area contributed by atoms with E-state index >= 15 is 0 Å². The van der Waals surface area contributed by atoms with Crippen LogP contribution in [0, 0.1) is 0 Å². The summed E-state index contributed by atoms with van der Waals surface area (Å²) in [6, 6.07) is 15.2. The van der Waals surface area contributed by atoms with E-state index in [0.29, 0.717) is 5.02 Å². The van der Waals surface area contributed by atoms with Crippen LogP contribution < -0.4 is 0 Å². The quantitative estimate of drug-likeness (QED) is 0.635. The smallest absolute Gasteiger partial charge is 0.228 e. The molecule has 0 amide bonds. The third-order valence-electron chi connectivity index (χ3n) is 3.15. The number of thioether (sulfide) groups is 1. The summed E-state index contributed by atoms with van der Waals surface area (Å²) in [6.07, 6.45) is 1.75. The van der Waals surface area contributed by atoms with E-state index in [1.54, 1.807) is 6.26 Å². The van der Waals surface area contributed by atoms with Crippen LogP contribution in [0.4, 0.5) is 0 Å². The standard InChI is InChI=1S/C16H12ClNO3S2/c1-22-16-15(18-14(21-16)11-5-3-2-4-6-11)23(19,20)13-9-7-12(17)8-10-13/h2-10H,1H3. The average Bonchev–Trinajstić information content (AvgIpc) is 3.01. The van der Waals surface area contributed by atoms with Gasteiger partial charge in [-0.25, -0.2) is 8.42 Å². The fraction of sp³-hybridized carbons (Fsp3) is 0.0625. The Balaban J connectivity index is 2.12. The van der Waals surface area contributed by atoms with Crippen molar-refractivity contribution in [1.82, 2.24) is 4.98 Å². The zero-order valence-corrected chi connectivity index (χ0v) is 14.5. The molecule has 0 atom stereocenters. The van der Waals surface area contributed by atoms with Crippen molar-refractivity contribution in [2.75, 3.05) is 6.26 Å². The first-order chi connectivity index (χ1) is 11.0. The molecule has 0 bridgehead atoms. The van der Waals surface area contributed by atoms with Crippen molar-refractivity contribution in [3.63, 3.8) is 0 Å². The monoisotopic (exact) mass is 365 g/mol. The van der Waals surface area contributed by atoms with Crippen molar-refractivity contribution in [2.45, 2.75) is 15.0 Å². The number of halogens is 1. The second kappa shape index (κ2) is 6.39. The molecule has 0 saturated carbocycles. The summed E-state index contributed by atoms with van der Waals surface area (Å²) >= 11 is 7.02. The van der Waals surface area contributed by atoms with Gasteiger partial charge in [0.25, 0.3) is 0 Å². The molecule has 0 N–H and O–H groups in total. The molecule has 0 aliphatic heterocycles. The minimum atomic E-state index is -3.77. The van der Waals surface area contributed by atoms with Crippen LogP contribution >= 0.6 is 23.4 Å². The lowest BCUT2D eigenvalue weighted by atomic mass is 10.2. The molecule has 118 valence electrons. The van der Waals surface area contributed by atoms with Gasteiger partial charge in [0.1, 0.15) is 0 Å². The Hall–Kier alpha value is -1.76. The highest BCUT2D eigenvalue weighted by Gasteiger charge is 2.28. The van der Waals surface area contributed by atoms with Gasteiger partial charge in [-0.3, -0.25) is 0 Å². The van der Waals surface area contributed by atoms with Crippen LogP contribution in [0.15, 0.2) is 74.0 Å². The van der Waals surface area contributed by atoms with Gasteiger partial charge in [0, 0.05) is 10.6 Å². The molecule has 2 aromatic carbocycles. The van der Waals surface area contributed by atoms with Gasteiger partial charge in [0.05, 0.1) is 4.90 Å². The molecular formula is C16H12ClNO3S2. The number of hydrogen-bond donors (Lipinski definition) is 0. The fourth-order valence-electron chi connectivity index (χ4n) is 2.02. The molecule has 4 nitrogen and oxygen atoms in total. The Labute approximate surface area is 143 Å². The van der Waals surface area contributed by atoms with Crippen molar-refractivity contribution in [3.8, 4) is 11.5 Å². The van der Waals surface area contributed by atoms with Crippen LogP contribution in [0.5, 0.6) is 0 Å². The van der Waals surface area contributed by atoms with Crippen LogP contribution in [0.25, 0.3) is 11.5 Å². The molecule has 3 rings (SSSR count). The Bertz CT molecular complexity index is 920. The molecule has 7 heteroatoms. The molecule has 1 aromatic heterocycles. The van der Waals surface area contributed by atoms with Crippen molar-refractivity contribution in [3.05, 3.63) is 59.6 Å². The van der Waals surface area contributed by atoms with Gasteiger partial charge >= 0.3 is 0 Å². The average molecular weight is 366 g/mol. The minimum absolute atomic E-state index is 0.0776. The van der Waals surface area contributed by atoms with E-state index in [-0.39, 0.29) is 20.9 Å². The number of sulfone groups is 1. The maximum Gasteiger partial charge on any atom is 0.228 e. The molecule has 23 heavy (non-hydrogen) atoms. The Morgan fingerprint density at radius 1 is 1.04 bits per heavy atom. The first-order valence-corrected chi connectivity index (χ1v) is 9.72. The molecule has 0 unspecified atom stereocenters. The summed E-state index contributed by atoms with van der Waals surface area (Å²) in [5, 5.41) is 0.657. The van der Waals surface area contributed by atoms with Gasteiger partial charge in [0.2, 0.25) is 25.8 Å². The highest BCUT2D eigenvalue weighted by atomic mass is 35.5. The third-order valence-corrected chi connectivity index (χ3v) is 5.86. The first kappa shape index (κ1) is 16.1. The van der Waals surface area contributed by atoms with Gasteiger partial charge in [-0.15, -0.1) is 0 Å². The lowest BCUT2D eigenvalue weighted by molar-refractivity contribution is 0.471. The largest absolute Gasteiger partial charge is 0.428 e. The van der Waals surface area contributed by atoms with Gasteiger partial charge in [-0.2, -0.15) is 4.98 Å². The molecule has 0 radical (unpaired) electrons. The van der Waals surface area contributed by atoms with E-state index in [9.17, 15) is 8.42 Å². The van der Waals surface area contributed by atoms with E-state index in [1.165, 1.54) is 36.0 Å². The van der Waals surface area contributed by atoms with Crippen LogP contribution in [0.1, 0.15) is 0 Å². The topological polar surface area (TPSA) is 60.2 Å². The molecule has 0 aliphatic rings. The maximum atomic E-state index is 12.8. The highest BCUT2D eigenvalue weighted by molar-refractivity contribution is 7.99. The SMILES string of the molecule is CSc1oc(-c2ccccc2)nc1S(=O)(=O)c1ccc(Cl)cc1. The summed E-state index contributed by atoms with van der Waals surface area (Å²) in [5.41, 5.74) is 0.723. The molecule has 3 aromatic rings. The fourth-order valence-corrected chi connectivity index (χ4v) is 4.29. The predicted octanol–water partition coefficient (Wildman–Crippen LogP) is 4.55. The second-order valence-corrected chi connectivity index (χ2v) is 7.72. The zero-order chi connectivity index (χ0) is 16.4. The number of benzene rings is 2. The molecule has 0 fully saturated rings. The normalized spacial score (nSPS) is 11.6. The van der Waals surface area contributed by atoms with Crippen LogP contribution in [-0.4, -0.2) is 19.7 Å². The van der Waals surface area contributed by atoms with E-state index in [0.717, 1.165) is 5.56 Å². The zero-order valence-electron chi connectivity index (χ0n) is 12.1. The lowest BCUT2D eigenvalue weighted by Gasteiger charge is -2.02. The molecule has 0 saturated heterocycles. The Morgan fingerprint density at radius 3 is 2.30 bits per heavy atom. The summed E-state index contributed by atoms with van der Waals surface area (Å²) in [4.78, 5) is 4.34. The molecule has 0 spiro atoms. The maximum absolute atomic E-state index is 12.8. The second-order valence-electron chi connectivity index (χ2n) is 4.64. The van der Waals surface area contributed by atoms with E-state index in [2.05, 4.69) is 4.98 Å². The number of aromatic nitrogens is 1. The number of nitrogens with zero attached hydrogens (tertiary/aromatic N) is 1. The van der Waals surface area contributed by atoms with Gasteiger partial charge < -0.3 is 4.42 Å². The minimum Gasteiger partial charge on any atom is -0.428 e. The molecule has 1 heterocycles. The van der Waals surface area contributed by atoms with Gasteiger partial charge in [-0.05, 0) is 42.7 Å². The van der Waals surface area contributed by atoms with Crippen molar-refractivity contribution >= 4 is 33.2 Å². The van der Waals surface area contributed by atoms with Gasteiger partial charge in [0.15, 0.2) is 0 Å². The number of hydrogen-bond acceptors (Lipinski definition) is 5. The Morgan fingerprint density at radius 2 is 1.70 bits per heavy atom. The summed E-state index contributed by atoms with van der Waals surface area (Å²) in [5.74, 6) is 0.280. The van der Waals surface area contributed by atoms with Crippen LogP contribution in [0.3, 0.4) is 0 Å². The van der Waals surface area contributed by atoms with Crippen LogP contribution in [0.2, 0.25) is 5.02 Å². The molecule has 0 aliphatic carbocycles. The molecular weight excluding hydrogens is 354 g/mol. The van der Waals surface area contributed by atoms with Crippen molar-refractivity contribution in [2.24, 2.45) is 0 Å².